The van der Waals surface area contributed by atoms with E-state index in [4.69, 9.17) is 0 Å². The second-order valence-corrected chi connectivity index (χ2v) is 11.1. The third-order valence-corrected chi connectivity index (χ3v) is 9.37. The van der Waals surface area contributed by atoms with E-state index >= 15 is 0 Å². The van der Waals surface area contributed by atoms with E-state index in [-0.39, 0.29) is 17.9 Å². The number of carbonyl (C=O) groups is 1. The van der Waals surface area contributed by atoms with Crippen molar-refractivity contribution in [1.29, 1.82) is 0 Å². The molecule has 1 aromatic carbocycles. The Morgan fingerprint density at radius 3 is 2.52 bits per heavy atom. The number of hydrogen-bond donors (Lipinski definition) is 0. The van der Waals surface area contributed by atoms with Gasteiger partial charge in [0, 0.05) is 30.4 Å². The largest absolute Gasteiger partial charge is 0.335 e. The van der Waals surface area contributed by atoms with Crippen LogP contribution in [0.4, 0.5) is 0 Å². The van der Waals surface area contributed by atoms with Crippen LogP contribution in [-0.2, 0) is 21.2 Å². The standard InChI is InChI=1S/C22H28N2O3S2/c1-15-4-5-21(16(2)14-15)29(26,27)23-10-6-18(7-11-23)22(25)24-12-8-20-19(17(24)3)9-13-28-20/h4-5,9,13-14,17-18H,6-8,10-12H2,1-3H3/t17-/m0/s1. The molecule has 1 fully saturated rings. The Hall–Kier alpha value is -1.70. The number of benzene rings is 1. The highest BCUT2D eigenvalue weighted by atomic mass is 32.2. The molecule has 1 saturated heterocycles. The number of piperidine rings is 1. The lowest BCUT2D eigenvalue weighted by molar-refractivity contribution is -0.139. The number of sulfonamides is 1. The van der Waals surface area contributed by atoms with Gasteiger partial charge < -0.3 is 4.90 Å². The summed E-state index contributed by atoms with van der Waals surface area (Å²) in [5.74, 6) is 0.0844. The lowest BCUT2D eigenvalue weighted by Crippen LogP contribution is -2.46. The number of carbonyl (C=O) groups excluding carboxylic acids is 1. The van der Waals surface area contributed by atoms with Gasteiger partial charge in [0.05, 0.1) is 10.9 Å². The summed E-state index contributed by atoms with van der Waals surface area (Å²) >= 11 is 1.77. The van der Waals surface area contributed by atoms with E-state index in [9.17, 15) is 13.2 Å². The average Bonchev–Trinajstić information content (AvgIpc) is 3.17. The lowest BCUT2D eigenvalue weighted by atomic mass is 9.93. The van der Waals surface area contributed by atoms with Crippen molar-refractivity contribution in [2.45, 2.75) is 51.0 Å². The third-order valence-electron chi connectivity index (χ3n) is 6.31. The first-order chi connectivity index (χ1) is 13.8. The van der Waals surface area contributed by atoms with Crippen LogP contribution >= 0.6 is 11.3 Å². The van der Waals surface area contributed by atoms with Gasteiger partial charge in [0.25, 0.3) is 0 Å². The van der Waals surface area contributed by atoms with Crippen LogP contribution in [-0.4, -0.2) is 43.2 Å². The van der Waals surface area contributed by atoms with Crippen LogP contribution in [0.2, 0.25) is 0 Å². The number of fused-ring (bicyclic) bond motifs is 1. The first kappa shape index (κ1) is 20.6. The molecule has 1 amide bonds. The number of aryl methyl sites for hydroxylation is 2. The van der Waals surface area contributed by atoms with E-state index in [1.165, 1.54) is 10.4 Å². The van der Waals surface area contributed by atoms with E-state index in [1.54, 1.807) is 21.7 Å². The minimum Gasteiger partial charge on any atom is -0.335 e. The molecule has 1 atom stereocenters. The first-order valence-electron chi connectivity index (χ1n) is 10.2. The van der Waals surface area contributed by atoms with Gasteiger partial charge in [-0.2, -0.15) is 4.31 Å². The predicted octanol–water partition coefficient (Wildman–Crippen LogP) is 3.91. The number of amides is 1. The van der Waals surface area contributed by atoms with Crippen molar-refractivity contribution in [3.63, 3.8) is 0 Å². The molecule has 0 bridgehead atoms. The number of thiophene rings is 1. The van der Waals surface area contributed by atoms with E-state index in [0.717, 1.165) is 24.1 Å². The first-order valence-corrected chi connectivity index (χ1v) is 12.5. The Kier molecular flexibility index (Phi) is 5.57. The molecule has 5 nitrogen and oxygen atoms in total. The second kappa shape index (κ2) is 7.85. The smallest absolute Gasteiger partial charge is 0.243 e. The molecule has 0 N–H and O–H groups in total. The summed E-state index contributed by atoms with van der Waals surface area (Å²) in [6, 6.07) is 7.68. The molecule has 2 aromatic rings. The Bertz CT molecular complexity index is 1020. The van der Waals surface area contributed by atoms with Crippen LogP contribution < -0.4 is 0 Å². The van der Waals surface area contributed by atoms with Crippen molar-refractivity contribution < 1.29 is 13.2 Å². The molecule has 29 heavy (non-hydrogen) atoms. The molecule has 2 aliphatic heterocycles. The Morgan fingerprint density at radius 1 is 1.10 bits per heavy atom. The molecule has 7 heteroatoms. The molecule has 0 aliphatic carbocycles. The van der Waals surface area contributed by atoms with Gasteiger partial charge >= 0.3 is 0 Å². The normalized spacial score (nSPS) is 21.2. The van der Waals surface area contributed by atoms with Gasteiger partial charge in [0.2, 0.25) is 15.9 Å². The van der Waals surface area contributed by atoms with Gasteiger partial charge in [0.1, 0.15) is 0 Å². The minimum absolute atomic E-state index is 0.0943. The maximum atomic E-state index is 13.2. The fourth-order valence-corrected chi connectivity index (χ4v) is 7.25. The van der Waals surface area contributed by atoms with Crippen LogP contribution in [0, 0.1) is 19.8 Å². The van der Waals surface area contributed by atoms with E-state index in [1.807, 2.05) is 30.9 Å². The predicted molar refractivity (Wildman–Crippen MR) is 116 cm³/mol. The number of rotatable bonds is 3. The van der Waals surface area contributed by atoms with Crippen molar-refractivity contribution in [2.75, 3.05) is 19.6 Å². The van der Waals surface area contributed by atoms with Crippen LogP contribution in [0.15, 0.2) is 34.5 Å². The Labute approximate surface area is 177 Å². The topological polar surface area (TPSA) is 57.7 Å². The summed E-state index contributed by atoms with van der Waals surface area (Å²) < 4.78 is 27.7. The van der Waals surface area contributed by atoms with Crippen molar-refractivity contribution in [3.05, 3.63) is 51.2 Å². The summed E-state index contributed by atoms with van der Waals surface area (Å²) in [7, 11) is -3.52. The van der Waals surface area contributed by atoms with Gasteiger partial charge in [-0.25, -0.2) is 8.42 Å². The fraction of sp³-hybridized carbons (Fsp3) is 0.500. The van der Waals surface area contributed by atoms with Gasteiger partial charge in [-0.1, -0.05) is 17.7 Å². The molecular weight excluding hydrogens is 404 g/mol. The van der Waals surface area contributed by atoms with Crippen LogP contribution in [0.3, 0.4) is 0 Å². The molecule has 3 heterocycles. The van der Waals surface area contributed by atoms with Gasteiger partial charge in [-0.05, 0) is 68.7 Å². The molecule has 1 aromatic heterocycles. The minimum atomic E-state index is -3.52. The van der Waals surface area contributed by atoms with Crippen molar-refractivity contribution in [3.8, 4) is 0 Å². The molecule has 2 aliphatic rings. The SMILES string of the molecule is Cc1ccc(S(=O)(=O)N2CCC(C(=O)N3CCc4sccc4[C@@H]3C)CC2)c(C)c1. The molecule has 4 rings (SSSR count). The highest BCUT2D eigenvalue weighted by Crippen LogP contribution is 2.35. The molecule has 0 unspecified atom stereocenters. The zero-order chi connectivity index (χ0) is 20.8. The summed E-state index contributed by atoms with van der Waals surface area (Å²) in [6.45, 7) is 7.46. The molecule has 0 saturated carbocycles. The maximum absolute atomic E-state index is 13.2. The van der Waals surface area contributed by atoms with Crippen LogP contribution in [0.1, 0.15) is 47.4 Å². The van der Waals surface area contributed by atoms with E-state index in [0.29, 0.717) is 30.8 Å². The average molecular weight is 433 g/mol. The van der Waals surface area contributed by atoms with Crippen LogP contribution in [0.25, 0.3) is 0 Å². The third kappa shape index (κ3) is 3.76. The highest BCUT2D eigenvalue weighted by molar-refractivity contribution is 7.89. The molecule has 0 radical (unpaired) electrons. The van der Waals surface area contributed by atoms with Gasteiger partial charge in [0.15, 0.2) is 0 Å². The van der Waals surface area contributed by atoms with E-state index in [2.05, 4.69) is 18.4 Å². The summed E-state index contributed by atoms with van der Waals surface area (Å²) in [5, 5.41) is 2.10. The zero-order valence-electron chi connectivity index (χ0n) is 17.2. The molecule has 156 valence electrons. The Balaban J connectivity index is 1.43. The number of hydrogen-bond acceptors (Lipinski definition) is 4. The van der Waals surface area contributed by atoms with Crippen molar-refractivity contribution >= 4 is 27.3 Å². The van der Waals surface area contributed by atoms with Crippen molar-refractivity contribution in [1.82, 2.24) is 9.21 Å². The maximum Gasteiger partial charge on any atom is 0.243 e. The highest BCUT2D eigenvalue weighted by Gasteiger charge is 2.37. The summed E-state index contributed by atoms with van der Waals surface area (Å²) in [5.41, 5.74) is 3.09. The second-order valence-electron chi connectivity index (χ2n) is 8.20. The van der Waals surface area contributed by atoms with Crippen LogP contribution in [0.5, 0.6) is 0 Å². The monoisotopic (exact) mass is 432 g/mol. The summed E-state index contributed by atoms with van der Waals surface area (Å²) in [6.07, 6.45) is 2.09. The van der Waals surface area contributed by atoms with Crippen molar-refractivity contribution in [2.24, 2.45) is 5.92 Å². The van der Waals surface area contributed by atoms with E-state index < -0.39 is 10.0 Å². The Morgan fingerprint density at radius 2 is 1.83 bits per heavy atom. The molecule has 0 spiro atoms. The molecular formula is C22H28N2O3S2. The number of nitrogens with zero attached hydrogens (tertiary/aromatic N) is 2. The lowest BCUT2D eigenvalue weighted by Gasteiger charge is -2.38. The quantitative estimate of drug-likeness (QED) is 0.739. The summed E-state index contributed by atoms with van der Waals surface area (Å²) in [4.78, 5) is 16.9. The fourth-order valence-electron chi connectivity index (χ4n) is 4.62. The van der Waals surface area contributed by atoms with Gasteiger partial charge in [-0.15, -0.1) is 11.3 Å². The zero-order valence-corrected chi connectivity index (χ0v) is 18.9. The van der Waals surface area contributed by atoms with Gasteiger partial charge in [-0.3, -0.25) is 4.79 Å².